The van der Waals surface area contributed by atoms with Gasteiger partial charge in [0, 0.05) is 16.2 Å². The van der Waals surface area contributed by atoms with E-state index in [1.54, 1.807) is 12.3 Å². The van der Waals surface area contributed by atoms with Crippen molar-refractivity contribution in [3.63, 3.8) is 0 Å². The lowest BCUT2D eigenvalue weighted by atomic mass is 10.2. The number of nitrogens with one attached hydrogen (secondary N) is 1. The number of hydrogen-bond donors (Lipinski definition) is 1. The van der Waals surface area contributed by atoms with Crippen molar-refractivity contribution >= 4 is 27.7 Å². The zero-order valence-electron chi connectivity index (χ0n) is 12.6. The van der Waals surface area contributed by atoms with Gasteiger partial charge in [-0.1, -0.05) is 45.0 Å². The van der Waals surface area contributed by atoms with Crippen LogP contribution in [0.25, 0.3) is 22.9 Å². The van der Waals surface area contributed by atoms with Crippen molar-refractivity contribution < 1.29 is 4.52 Å². The van der Waals surface area contributed by atoms with E-state index in [9.17, 15) is 0 Å². The van der Waals surface area contributed by atoms with Crippen LogP contribution in [0, 0.1) is 0 Å². The van der Waals surface area contributed by atoms with Crippen LogP contribution >= 0.6 is 27.7 Å². The van der Waals surface area contributed by atoms with Crippen LogP contribution in [0.5, 0.6) is 0 Å². The second-order valence-electron chi connectivity index (χ2n) is 4.87. The number of aromatic amines is 1. The summed E-state index contributed by atoms with van der Waals surface area (Å²) in [4.78, 5) is 16.7. The molecule has 0 amide bonds. The summed E-state index contributed by atoms with van der Waals surface area (Å²) in [5, 5.41) is 11.7. The number of thioether (sulfide) groups is 1. The predicted molar refractivity (Wildman–Crippen MR) is 94.4 cm³/mol. The lowest BCUT2D eigenvalue weighted by molar-refractivity contribution is 0.391. The summed E-state index contributed by atoms with van der Waals surface area (Å²) in [6.07, 6.45) is 3.07. The Hall–Kier alpha value is -2.59. The molecule has 0 aliphatic carbocycles. The highest BCUT2D eigenvalue weighted by Gasteiger charge is 2.12. The quantitative estimate of drug-likeness (QED) is 0.494. The normalized spacial score (nSPS) is 10.9. The summed E-state index contributed by atoms with van der Waals surface area (Å²) in [5.41, 5.74) is 1.58. The molecule has 0 atom stereocenters. The molecule has 0 unspecified atom stereocenters. The van der Waals surface area contributed by atoms with Gasteiger partial charge >= 0.3 is 0 Å². The first-order valence-corrected chi connectivity index (χ1v) is 8.96. The smallest absolute Gasteiger partial charge is 0.237 e. The first-order chi connectivity index (χ1) is 12.3. The van der Waals surface area contributed by atoms with Crippen LogP contribution in [0.1, 0.15) is 5.89 Å². The van der Waals surface area contributed by atoms with Gasteiger partial charge in [0.2, 0.25) is 16.9 Å². The van der Waals surface area contributed by atoms with Gasteiger partial charge < -0.3 is 4.52 Å². The standard InChI is InChI=1S/C15H10BrN7OS/c16-10-3-1-9(2-4-10)13-20-15(22-21-13)25-7-12-19-14(23-24-12)11-5-6-17-8-18-11/h1-6,8H,7H2,(H,20,21,22). The lowest BCUT2D eigenvalue weighted by Gasteiger charge is -1.95. The van der Waals surface area contributed by atoms with Crippen LogP contribution in [0.3, 0.4) is 0 Å². The van der Waals surface area contributed by atoms with E-state index in [4.69, 9.17) is 4.52 Å². The number of nitrogens with zero attached hydrogens (tertiary/aromatic N) is 6. The Morgan fingerprint density at radius 2 is 2.00 bits per heavy atom. The van der Waals surface area contributed by atoms with Gasteiger partial charge in [-0.15, -0.1) is 5.10 Å². The molecule has 0 spiro atoms. The monoisotopic (exact) mass is 415 g/mol. The Bertz CT molecular complexity index is 971. The third-order valence-electron chi connectivity index (χ3n) is 3.19. The third-order valence-corrected chi connectivity index (χ3v) is 4.55. The first-order valence-electron chi connectivity index (χ1n) is 7.18. The molecule has 8 nitrogen and oxygen atoms in total. The summed E-state index contributed by atoms with van der Waals surface area (Å²) < 4.78 is 6.25. The number of rotatable bonds is 5. The molecule has 1 N–H and O–H groups in total. The maximum absolute atomic E-state index is 5.23. The van der Waals surface area contributed by atoms with Gasteiger partial charge in [-0.25, -0.2) is 15.0 Å². The lowest BCUT2D eigenvalue weighted by Crippen LogP contribution is -1.87. The Balaban J connectivity index is 1.42. The van der Waals surface area contributed by atoms with Gasteiger partial charge in [0.25, 0.3) is 0 Å². The van der Waals surface area contributed by atoms with Gasteiger partial charge in [0.1, 0.15) is 12.0 Å². The predicted octanol–water partition coefficient (Wildman–Crippen LogP) is 3.37. The SMILES string of the molecule is Brc1ccc(-c2nc(SCc3nc(-c4ccncn4)no3)n[nH]2)cc1. The summed E-state index contributed by atoms with van der Waals surface area (Å²) in [5.74, 6) is 2.09. The zero-order chi connectivity index (χ0) is 17.1. The minimum absolute atomic E-state index is 0.434. The summed E-state index contributed by atoms with van der Waals surface area (Å²) in [6, 6.07) is 9.56. The van der Waals surface area contributed by atoms with Crippen molar-refractivity contribution in [3.8, 4) is 22.9 Å². The van der Waals surface area contributed by atoms with Crippen LogP contribution in [0.15, 0.2) is 57.0 Å². The topological polar surface area (TPSA) is 106 Å². The highest BCUT2D eigenvalue weighted by atomic mass is 79.9. The zero-order valence-corrected chi connectivity index (χ0v) is 15.0. The first kappa shape index (κ1) is 15.9. The van der Waals surface area contributed by atoms with Crippen molar-refractivity contribution in [2.75, 3.05) is 0 Å². The van der Waals surface area contributed by atoms with Gasteiger partial charge in [0.15, 0.2) is 5.82 Å². The number of aromatic nitrogens is 7. The highest BCUT2D eigenvalue weighted by molar-refractivity contribution is 9.10. The van der Waals surface area contributed by atoms with Crippen molar-refractivity contribution in [3.05, 3.63) is 53.2 Å². The molecular weight excluding hydrogens is 406 g/mol. The minimum Gasteiger partial charge on any atom is -0.338 e. The molecule has 0 radical (unpaired) electrons. The highest BCUT2D eigenvalue weighted by Crippen LogP contribution is 2.23. The molecule has 4 rings (SSSR count). The average molecular weight is 416 g/mol. The fourth-order valence-electron chi connectivity index (χ4n) is 2.01. The third kappa shape index (κ3) is 3.74. The molecule has 1 aromatic carbocycles. The molecule has 0 aliphatic heterocycles. The van der Waals surface area contributed by atoms with Crippen molar-refractivity contribution in [1.82, 2.24) is 35.3 Å². The van der Waals surface area contributed by atoms with E-state index in [0.29, 0.717) is 34.1 Å². The molecule has 10 heteroatoms. The van der Waals surface area contributed by atoms with E-state index in [0.717, 1.165) is 10.0 Å². The average Bonchev–Trinajstić information content (AvgIpc) is 3.31. The van der Waals surface area contributed by atoms with Gasteiger partial charge in [-0.05, 0) is 18.2 Å². The largest absolute Gasteiger partial charge is 0.338 e. The maximum atomic E-state index is 5.23. The van der Waals surface area contributed by atoms with E-state index < -0.39 is 0 Å². The Kier molecular flexibility index (Phi) is 4.53. The second-order valence-corrected chi connectivity index (χ2v) is 6.73. The summed E-state index contributed by atoms with van der Waals surface area (Å²) in [6.45, 7) is 0. The van der Waals surface area contributed by atoms with Crippen molar-refractivity contribution in [2.24, 2.45) is 0 Å². The van der Waals surface area contributed by atoms with E-state index in [1.165, 1.54) is 18.1 Å². The molecule has 4 aromatic rings. The van der Waals surface area contributed by atoms with Gasteiger partial charge in [-0.2, -0.15) is 4.98 Å². The van der Waals surface area contributed by atoms with Gasteiger partial charge in [-0.3, -0.25) is 5.10 Å². The Labute approximate surface area is 154 Å². The van der Waals surface area contributed by atoms with Gasteiger partial charge in [0.05, 0.1) is 5.75 Å². The van der Waals surface area contributed by atoms with E-state index >= 15 is 0 Å². The number of H-pyrrole nitrogens is 1. The molecule has 3 heterocycles. The van der Waals surface area contributed by atoms with E-state index in [2.05, 4.69) is 51.2 Å². The fraction of sp³-hybridized carbons (Fsp3) is 0.0667. The van der Waals surface area contributed by atoms with E-state index in [-0.39, 0.29) is 0 Å². The molecular formula is C15H10BrN7OS. The molecule has 0 fully saturated rings. The van der Waals surface area contributed by atoms with Crippen LogP contribution in [0.2, 0.25) is 0 Å². The molecule has 3 aromatic heterocycles. The molecule has 0 bridgehead atoms. The molecule has 0 aliphatic rings. The minimum atomic E-state index is 0.434. The number of benzene rings is 1. The molecule has 124 valence electrons. The molecule has 0 saturated heterocycles. The fourth-order valence-corrected chi connectivity index (χ4v) is 2.91. The Morgan fingerprint density at radius 3 is 2.80 bits per heavy atom. The number of hydrogen-bond acceptors (Lipinski definition) is 8. The second kappa shape index (κ2) is 7.11. The number of halogens is 1. The van der Waals surface area contributed by atoms with Crippen LogP contribution in [0.4, 0.5) is 0 Å². The van der Waals surface area contributed by atoms with Crippen molar-refractivity contribution in [1.29, 1.82) is 0 Å². The van der Waals surface area contributed by atoms with Crippen molar-refractivity contribution in [2.45, 2.75) is 10.9 Å². The van der Waals surface area contributed by atoms with Crippen LogP contribution < -0.4 is 0 Å². The molecule has 25 heavy (non-hydrogen) atoms. The van der Waals surface area contributed by atoms with Crippen LogP contribution in [-0.4, -0.2) is 35.3 Å². The maximum Gasteiger partial charge on any atom is 0.237 e. The van der Waals surface area contributed by atoms with E-state index in [1.807, 2.05) is 24.3 Å². The summed E-state index contributed by atoms with van der Waals surface area (Å²) in [7, 11) is 0. The van der Waals surface area contributed by atoms with Crippen LogP contribution in [-0.2, 0) is 5.75 Å². The summed E-state index contributed by atoms with van der Waals surface area (Å²) >= 11 is 4.82. The molecule has 0 saturated carbocycles. The Morgan fingerprint density at radius 1 is 1.12 bits per heavy atom.